The van der Waals surface area contributed by atoms with Gasteiger partial charge in [0.2, 0.25) is 11.8 Å². The predicted molar refractivity (Wildman–Crippen MR) is 118 cm³/mol. The zero-order chi connectivity index (χ0) is 22.4. The van der Waals surface area contributed by atoms with Crippen molar-refractivity contribution in [2.75, 3.05) is 13.1 Å². The standard InChI is InChI=1S/C24H33ClN2O4/c1-23(2)14-27(12-11-24(23,31)16-4-6-17(25)7-5-16)22(30)19-9-10-20(19)26-21(29)15-3-8-18(28)13-15/h4-7,15,18-20,28,31H,3,8-14H2,1-2H3,(H,26,29)/t15-,18-,19+,20-,24+/m1/s1. The number of amides is 2. The molecule has 2 saturated carbocycles. The number of benzene rings is 1. The maximum Gasteiger partial charge on any atom is 0.227 e. The van der Waals surface area contributed by atoms with Crippen LogP contribution in [0.3, 0.4) is 0 Å². The average Bonchev–Trinajstić information content (AvgIpc) is 3.14. The Morgan fingerprint density at radius 2 is 1.84 bits per heavy atom. The van der Waals surface area contributed by atoms with E-state index in [2.05, 4.69) is 5.32 Å². The second kappa shape index (κ2) is 8.38. The second-order valence-electron chi connectivity index (χ2n) is 10.2. The maximum absolute atomic E-state index is 13.3. The first-order valence-electron chi connectivity index (χ1n) is 11.4. The molecule has 2 aliphatic carbocycles. The summed E-state index contributed by atoms with van der Waals surface area (Å²) in [6, 6.07) is 7.16. The Balaban J connectivity index is 1.39. The Morgan fingerprint density at radius 1 is 1.13 bits per heavy atom. The molecule has 1 aromatic rings. The van der Waals surface area contributed by atoms with Gasteiger partial charge in [-0.1, -0.05) is 37.6 Å². The smallest absolute Gasteiger partial charge is 0.227 e. The zero-order valence-electron chi connectivity index (χ0n) is 18.3. The molecule has 1 aromatic carbocycles. The van der Waals surface area contributed by atoms with Gasteiger partial charge in [0, 0.05) is 35.5 Å². The first-order chi connectivity index (χ1) is 14.6. The summed E-state index contributed by atoms with van der Waals surface area (Å²) in [5, 5.41) is 24.9. The van der Waals surface area contributed by atoms with Crippen LogP contribution in [0.1, 0.15) is 57.9 Å². The van der Waals surface area contributed by atoms with E-state index < -0.39 is 11.0 Å². The van der Waals surface area contributed by atoms with E-state index in [-0.39, 0.29) is 35.8 Å². The number of aliphatic hydroxyl groups is 2. The second-order valence-corrected chi connectivity index (χ2v) is 10.7. The van der Waals surface area contributed by atoms with Gasteiger partial charge in [-0.2, -0.15) is 0 Å². The van der Waals surface area contributed by atoms with Crippen LogP contribution in [0.5, 0.6) is 0 Å². The molecule has 4 rings (SSSR count). The largest absolute Gasteiger partial charge is 0.393 e. The van der Waals surface area contributed by atoms with Gasteiger partial charge < -0.3 is 20.4 Å². The third kappa shape index (κ3) is 4.22. The third-order valence-electron chi connectivity index (χ3n) is 7.78. The molecule has 3 aliphatic rings. The van der Waals surface area contributed by atoms with Crippen LogP contribution in [-0.2, 0) is 15.2 Å². The molecule has 0 aromatic heterocycles. The van der Waals surface area contributed by atoms with Gasteiger partial charge in [-0.25, -0.2) is 0 Å². The van der Waals surface area contributed by atoms with Gasteiger partial charge in [0.1, 0.15) is 0 Å². The van der Waals surface area contributed by atoms with Gasteiger partial charge >= 0.3 is 0 Å². The molecule has 0 bridgehead atoms. The molecule has 5 atom stereocenters. The number of carbonyl (C=O) groups excluding carboxylic acids is 2. The van der Waals surface area contributed by atoms with Crippen molar-refractivity contribution in [2.45, 2.75) is 70.1 Å². The Morgan fingerprint density at radius 3 is 2.39 bits per heavy atom. The van der Waals surface area contributed by atoms with E-state index in [4.69, 9.17) is 11.6 Å². The summed E-state index contributed by atoms with van der Waals surface area (Å²) in [6.07, 6.45) is 3.55. The quantitative estimate of drug-likeness (QED) is 0.660. The third-order valence-corrected chi connectivity index (χ3v) is 8.03. The molecular formula is C24H33ClN2O4. The molecule has 6 nitrogen and oxygen atoms in total. The minimum Gasteiger partial charge on any atom is -0.393 e. The van der Waals surface area contributed by atoms with E-state index >= 15 is 0 Å². The van der Waals surface area contributed by atoms with Gasteiger partial charge in [0.05, 0.1) is 17.6 Å². The van der Waals surface area contributed by atoms with Crippen LogP contribution in [0.15, 0.2) is 24.3 Å². The highest BCUT2D eigenvalue weighted by Gasteiger charge is 2.51. The fraction of sp³-hybridized carbons (Fsp3) is 0.667. The monoisotopic (exact) mass is 448 g/mol. The van der Waals surface area contributed by atoms with E-state index in [1.807, 2.05) is 30.9 Å². The molecule has 7 heteroatoms. The molecule has 1 aliphatic heterocycles. The van der Waals surface area contributed by atoms with Crippen molar-refractivity contribution in [1.29, 1.82) is 0 Å². The van der Waals surface area contributed by atoms with E-state index in [0.717, 1.165) is 18.4 Å². The number of rotatable bonds is 4. The minimum atomic E-state index is -1.04. The van der Waals surface area contributed by atoms with Crippen molar-refractivity contribution < 1.29 is 19.8 Å². The molecule has 1 saturated heterocycles. The van der Waals surface area contributed by atoms with Crippen LogP contribution in [0.2, 0.25) is 5.02 Å². The lowest BCUT2D eigenvalue weighted by Gasteiger charge is -2.52. The number of hydrogen-bond acceptors (Lipinski definition) is 4. The molecular weight excluding hydrogens is 416 g/mol. The summed E-state index contributed by atoms with van der Waals surface area (Å²) < 4.78 is 0. The number of hydrogen-bond donors (Lipinski definition) is 3. The van der Waals surface area contributed by atoms with Gasteiger partial charge in [0.15, 0.2) is 0 Å². The van der Waals surface area contributed by atoms with Crippen LogP contribution < -0.4 is 5.32 Å². The summed E-state index contributed by atoms with van der Waals surface area (Å²) in [6.45, 7) is 4.92. The molecule has 1 heterocycles. The number of piperidine rings is 1. The summed E-state index contributed by atoms with van der Waals surface area (Å²) >= 11 is 6.01. The summed E-state index contributed by atoms with van der Waals surface area (Å²) in [7, 11) is 0. The fourth-order valence-corrected chi connectivity index (χ4v) is 5.60. The van der Waals surface area contributed by atoms with Gasteiger partial charge in [-0.3, -0.25) is 9.59 Å². The summed E-state index contributed by atoms with van der Waals surface area (Å²) in [5.74, 6) is -0.313. The Hall–Kier alpha value is -1.63. The fourth-order valence-electron chi connectivity index (χ4n) is 5.47. The minimum absolute atomic E-state index is 0.0323. The summed E-state index contributed by atoms with van der Waals surface area (Å²) in [5.41, 5.74) is -0.746. The highest BCUT2D eigenvalue weighted by molar-refractivity contribution is 6.30. The van der Waals surface area contributed by atoms with Crippen molar-refractivity contribution in [3.05, 3.63) is 34.9 Å². The van der Waals surface area contributed by atoms with Crippen LogP contribution in [0.25, 0.3) is 0 Å². The molecule has 2 amide bonds. The first kappa shape index (κ1) is 22.6. The van der Waals surface area contributed by atoms with Crippen LogP contribution >= 0.6 is 11.6 Å². The number of nitrogens with zero attached hydrogens (tertiary/aromatic N) is 1. The summed E-state index contributed by atoms with van der Waals surface area (Å²) in [4.78, 5) is 27.6. The molecule has 170 valence electrons. The normalized spacial score (nSPS) is 34.8. The molecule has 0 radical (unpaired) electrons. The average molecular weight is 449 g/mol. The topological polar surface area (TPSA) is 89.9 Å². The van der Waals surface area contributed by atoms with Gasteiger partial charge in [-0.05, 0) is 56.2 Å². The van der Waals surface area contributed by atoms with Crippen molar-refractivity contribution in [3.63, 3.8) is 0 Å². The maximum atomic E-state index is 13.3. The first-order valence-corrected chi connectivity index (χ1v) is 11.7. The van der Waals surface area contributed by atoms with Crippen molar-refractivity contribution in [2.24, 2.45) is 17.3 Å². The van der Waals surface area contributed by atoms with Gasteiger partial charge in [0.25, 0.3) is 0 Å². The molecule has 31 heavy (non-hydrogen) atoms. The van der Waals surface area contributed by atoms with Crippen molar-refractivity contribution in [3.8, 4) is 0 Å². The van der Waals surface area contributed by atoms with Gasteiger partial charge in [-0.15, -0.1) is 0 Å². The Bertz CT molecular complexity index is 842. The SMILES string of the molecule is CC1(C)CN(C(=O)[C@H]2CC[C@H]2NC(=O)[C@@H]2CC[C@@H](O)C2)CC[C@]1(O)c1ccc(Cl)cc1. The lowest BCUT2D eigenvalue weighted by molar-refractivity contribution is -0.160. The van der Waals surface area contributed by atoms with E-state index in [1.54, 1.807) is 12.1 Å². The molecule has 0 unspecified atom stereocenters. The highest BCUT2D eigenvalue weighted by Crippen LogP contribution is 2.47. The Kier molecular flexibility index (Phi) is 6.10. The lowest BCUT2D eigenvalue weighted by atomic mass is 9.66. The number of aliphatic hydroxyl groups excluding tert-OH is 1. The molecule has 3 N–H and O–H groups in total. The van der Waals surface area contributed by atoms with Crippen LogP contribution in [0, 0.1) is 17.3 Å². The van der Waals surface area contributed by atoms with E-state index in [0.29, 0.717) is 43.8 Å². The van der Waals surface area contributed by atoms with Crippen LogP contribution in [-0.4, -0.2) is 52.2 Å². The highest BCUT2D eigenvalue weighted by atomic mass is 35.5. The number of nitrogens with one attached hydrogen (secondary N) is 1. The number of halogens is 1. The molecule has 3 fully saturated rings. The lowest BCUT2D eigenvalue weighted by Crippen LogP contribution is -2.60. The van der Waals surface area contributed by atoms with E-state index in [1.165, 1.54) is 0 Å². The molecule has 0 spiro atoms. The van der Waals surface area contributed by atoms with E-state index in [9.17, 15) is 19.8 Å². The van der Waals surface area contributed by atoms with Crippen LogP contribution in [0.4, 0.5) is 0 Å². The Labute approximate surface area is 189 Å². The predicted octanol–water partition coefficient (Wildman–Crippen LogP) is 2.84. The number of carbonyl (C=O) groups is 2. The number of likely N-dealkylation sites (tertiary alicyclic amines) is 1. The van der Waals surface area contributed by atoms with Crippen molar-refractivity contribution >= 4 is 23.4 Å². The van der Waals surface area contributed by atoms with Crippen molar-refractivity contribution in [1.82, 2.24) is 10.2 Å². The zero-order valence-corrected chi connectivity index (χ0v) is 19.1.